The predicted molar refractivity (Wildman–Crippen MR) is 233 cm³/mol. The molecule has 0 aliphatic heterocycles. The van der Waals surface area contributed by atoms with Crippen molar-refractivity contribution in [3.8, 4) is 77.9 Å². The second-order valence-electron chi connectivity index (χ2n) is 15.1. The third-order valence-corrected chi connectivity index (χ3v) is 12.1. The van der Waals surface area contributed by atoms with Crippen LogP contribution in [0.3, 0.4) is 0 Å². The van der Waals surface area contributed by atoms with Crippen molar-refractivity contribution in [2.45, 2.75) is 6.42 Å². The van der Waals surface area contributed by atoms with E-state index in [4.69, 9.17) is 0 Å². The van der Waals surface area contributed by atoms with Gasteiger partial charge in [-0.2, -0.15) is 0 Å². The molecule has 0 saturated heterocycles. The highest BCUT2D eigenvalue weighted by Crippen LogP contribution is 2.59. The highest BCUT2D eigenvalue weighted by Gasteiger charge is 2.31. The Labute approximate surface area is 320 Å². The zero-order valence-electron chi connectivity index (χ0n) is 30.2. The van der Waals surface area contributed by atoms with E-state index >= 15 is 0 Å². The maximum absolute atomic E-state index is 2.47. The molecular weight excluding hydrogens is 661 g/mol. The lowest BCUT2D eigenvalue weighted by atomic mass is 9.82. The highest BCUT2D eigenvalue weighted by atomic mass is 14.3. The van der Waals surface area contributed by atoms with Crippen LogP contribution in [-0.4, -0.2) is 0 Å². The maximum atomic E-state index is 2.47. The van der Waals surface area contributed by atoms with Crippen LogP contribution in [-0.2, 0) is 6.42 Å². The average molecular weight is 695 g/mol. The summed E-state index contributed by atoms with van der Waals surface area (Å²) < 4.78 is 0. The zero-order chi connectivity index (χ0) is 36.0. The van der Waals surface area contributed by atoms with Crippen LogP contribution in [0.25, 0.3) is 110 Å². The van der Waals surface area contributed by atoms with Gasteiger partial charge in [-0.25, -0.2) is 0 Å². The van der Waals surface area contributed by atoms with Gasteiger partial charge in [0, 0.05) is 0 Å². The van der Waals surface area contributed by atoms with E-state index in [0.29, 0.717) is 0 Å². The molecule has 2 aliphatic carbocycles. The minimum atomic E-state index is 0.891. The van der Waals surface area contributed by atoms with Crippen molar-refractivity contribution in [2.24, 2.45) is 0 Å². The summed E-state index contributed by atoms with van der Waals surface area (Å²) in [4.78, 5) is 0. The Morgan fingerprint density at radius 2 is 0.836 bits per heavy atom. The summed E-state index contributed by atoms with van der Waals surface area (Å²) in [6, 6.07) is 72.5. The molecule has 0 bridgehead atoms. The lowest BCUT2D eigenvalue weighted by Crippen LogP contribution is -1.95. The van der Waals surface area contributed by atoms with E-state index in [1.807, 2.05) is 0 Å². The Kier molecular flexibility index (Phi) is 6.50. The van der Waals surface area contributed by atoms with Crippen molar-refractivity contribution in [3.05, 3.63) is 205 Å². The molecular formula is C55H34. The van der Waals surface area contributed by atoms with Gasteiger partial charge in [-0.1, -0.05) is 188 Å². The smallest absolute Gasteiger partial charge is 0.000741 e. The lowest BCUT2D eigenvalue weighted by Gasteiger charge is -2.21. The molecule has 0 aromatic heterocycles. The second-order valence-corrected chi connectivity index (χ2v) is 15.1. The van der Waals surface area contributed by atoms with E-state index in [1.54, 1.807) is 0 Å². The number of fused-ring (bicyclic) bond motifs is 7. The van der Waals surface area contributed by atoms with Gasteiger partial charge in [0.15, 0.2) is 0 Å². The Hall–Kier alpha value is -7.02. The van der Waals surface area contributed by atoms with Gasteiger partial charge in [0.2, 0.25) is 0 Å². The molecule has 0 nitrogen and oxygen atoms in total. The Balaban J connectivity index is 1.14. The summed E-state index contributed by atoms with van der Waals surface area (Å²) in [6.07, 6.45) is 0.891. The molecule has 0 heterocycles. The molecule has 0 fully saturated rings. The van der Waals surface area contributed by atoms with Gasteiger partial charge < -0.3 is 0 Å². The largest absolute Gasteiger partial charge is 0.0622 e. The van der Waals surface area contributed by atoms with E-state index < -0.39 is 0 Å². The first-order valence-corrected chi connectivity index (χ1v) is 19.3. The number of hydrogen-bond acceptors (Lipinski definition) is 0. The monoisotopic (exact) mass is 694 g/mol. The van der Waals surface area contributed by atoms with Crippen LogP contribution in [0.1, 0.15) is 11.1 Å². The topological polar surface area (TPSA) is 0 Å². The third kappa shape index (κ3) is 4.46. The van der Waals surface area contributed by atoms with Gasteiger partial charge in [-0.05, 0) is 134 Å². The molecule has 0 radical (unpaired) electrons. The normalized spacial score (nSPS) is 12.1. The molecule has 0 heteroatoms. The molecule has 2 aliphatic rings. The lowest BCUT2D eigenvalue weighted by molar-refractivity contribution is 1.20. The Morgan fingerprint density at radius 1 is 0.255 bits per heavy atom. The molecule has 254 valence electrons. The van der Waals surface area contributed by atoms with Crippen LogP contribution in [0, 0.1) is 0 Å². The molecule has 0 amide bonds. The van der Waals surface area contributed by atoms with Crippen LogP contribution in [0.15, 0.2) is 194 Å². The molecule has 10 aromatic rings. The molecule has 0 atom stereocenters. The fourth-order valence-corrected chi connectivity index (χ4v) is 9.86. The molecule has 10 aromatic carbocycles. The summed E-state index contributed by atoms with van der Waals surface area (Å²) in [5.74, 6) is 0. The predicted octanol–water partition coefficient (Wildman–Crippen LogP) is 15.0. The highest BCUT2D eigenvalue weighted by molar-refractivity contribution is 6.29. The van der Waals surface area contributed by atoms with E-state index in [1.165, 1.54) is 121 Å². The zero-order valence-corrected chi connectivity index (χ0v) is 30.2. The summed E-state index contributed by atoms with van der Waals surface area (Å²) >= 11 is 0. The van der Waals surface area contributed by atoms with Crippen molar-refractivity contribution in [1.82, 2.24) is 0 Å². The Bertz CT molecular complexity index is 3180. The quantitative estimate of drug-likeness (QED) is 0.168. The van der Waals surface area contributed by atoms with Crippen LogP contribution in [0.4, 0.5) is 0 Å². The van der Waals surface area contributed by atoms with Crippen LogP contribution in [0.5, 0.6) is 0 Å². The standard InChI is InChI=1S/C55H34/c1-4-13-34(14-5-1)31-35-25-27-45-49(32-35)52(38-17-8-3-9-18-38)54-46-24-12-23-42-40(29-30-47(53(42)46)55(54)51(45)37-15-6-2-7-16-37)39-26-28-41-43-21-10-19-36-20-11-22-44(50(36)43)48(41)33-39/h1-30,32-33H,31H2. The van der Waals surface area contributed by atoms with E-state index in [2.05, 4.69) is 194 Å². The maximum Gasteiger partial charge on any atom is -0.000741 e. The van der Waals surface area contributed by atoms with Gasteiger partial charge in [0.05, 0.1) is 0 Å². The Morgan fingerprint density at radius 3 is 1.56 bits per heavy atom. The first-order valence-electron chi connectivity index (χ1n) is 19.3. The number of hydrogen-bond donors (Lipinski definition) is 0. The van der Waals surface area contributed by atoms with Crippen molar-refractivity contribution in [2.75, 3.05) is 0 Å². The molecule has 0 saturated carbocycles. The van der Waals surface area contributed by atoms with E-state index in [-0.39, 0.29) is 0 Å². The third-order valence-electron chi connectivity index (χ3n) is 12.1. The first-order chi connectivity index (χ1) is 27.3. The van der Waals surface area contributed by atoms with Crippen LogP contribution < -0.4 is 0 Å². The molecule has 55 heavy (non-hydrogen) atoms. The summed E-state index contributed by atoms with van der Waals surface area (Å²) in [5, 5.41) is 7.90. The van der Waals surface area contributed by atoms with Gasteiger partial charge in [0.25, 0.3) is 0 Å². The number of rotatable bonds is 5. The summed E-state index contributed by atoms with van der Waals surface area (Å²) in [6.45, 7) is 0. The average Bonchev–Trinajstić information content (AvgIpc) is 3.75. The summed E-state index contributed by atoms with van der Waals surface area (Å²) in [5.41, 5.74) is 20.9. The van der Waals surface area contributed by atoms with Gasteiger partial charge in [-0.3, -0.25) is 0 Å². The fraction of sp³-hybridized carbons (Fsp3) is 0.0182. The molecule has 0 spiro atoms. The summed E-state index contributed by atoms with van der Waals surface area (Å²) in [7, 11) is 0. The van der Waals surface area contributed by atoms with E-state index in [0.717, 1.165) is 6.42 Å². The molecule has 0 unspecified atom stereocenters. The van der Waals surface area contributed by atoms with Crippen molar-refractivity contribution >= 4 is 32.3 Å². The molecule has 0 N–H and O–H groups in total. The van der Waals surface area contributed by atoms with Crippen molar-refractivity contribution < 1.29 is 0 Å². The van der Waals surface area contributed by atoms with Gasteiger partial charge >= 0.3 is 0 Å². The fourth-order valence-electron chi connectivity index (χ4n) is 9.86. The minimum absolute atomic E-state index is 0.891. The molecule has 12 rings (SSSR count). The van der Waals surface area contributed by atoms with Gasteiger partial charge in [-0.15, -0.1) is 0 Å². The van der Waals surface area contributed by atoms with Crippen molar-refractivity contribution in [1.29, 1.82) is 0 Å². The van der Waals surface area contributed by atoms with Gasteiger partial charge in [0.1, 0.15) is 0 Å². The first kappa shape index (κ1) is 30.4. The minimum Gasteiger partial charge on any atom is -0.0622 e. The second kappa shape index (κ2) is 11.7. The van der Waals surface area contributed by atoms with Crippen LogP contribution in [0.2, 0.25) is 0 Å². The SMILES string of the molecule is c1ccc(Cc2ccc3c(-c4ccccc4)c4c(c(-c5ccccc5)c3c2)-c2cccc3c(-c5ccc6c(c5)-c5cccc7cccc-6c57)ccc-4c23)cc1. The van der Waals surface area contributed by atoms with Crippen LogP contribution >= 0.6 is 0 Å². The number of benzene rings is 10. The van der Waals surface area contributed by atoms with E-state index in [9.17, 15) is 0 Å². The van der Waals surface area contributed by atoms with Crippen molar-refractivity contribution in [3.63, 3.8) is 0 Å².